The van der Waals surface area contributed by atoms with Crippen LogP contribution >= 0.6 is 11.6 Å². The molecule has 0 radical (unpaired) electrons. The summed E-state index contributed by atoms with van der Waals surface area (Å²) in [6, 6.07) is 3.57. The van der Waals surface area contributed by atoms with E-state index in [0.717, 1.165) is 25.1 Å². The number of fused-ring (bicyclic) bond motifs is 1. The molecule has 1 amide bonds. The molecular formula is C15H21ClN2O3. The lowest BCUT2D eigenvalue weighted by Gasteiger charge is -2.20. The fraction of sp³-hybridized carbons (Fsp3) is 0.533. The average Bonchev–Trinajstić information content (AvgIpc) is 2.47. The van der Waals surface area contributed by atoms with Crippen LogP contribution in [0.2, 0.25) is 5.02 Å². The van der Waals surface area contributed by atoms with Crippen LogP contribution in [0.1, 0.15) is 18.9 Å². The summed E-state index contributed by atoms with van der Waals surface area (Å²) in [6.45, 7) is 5.48. The second-order valence-corrected chi connectivity index (χ2v) is 5.29. The number of carbonyl (C=O) groups is 1. The molecule has 1 aromatic rings. The highest BCUT2D eigenvalue weighted by molar-refractivity contribution is 6.32. The van der Waals surface area contributed by atoms with Crippen molar-refractivity contribution in [3.8, 4) is 11.5 Å². The quantitative estimate of drug-likeness (QED) is 0.753. The molecule has 21 heavy (non-hydrogen) atoms. The van der Waals surface area contributed by atoms with Crippen molar-refractivity contribution in [2.45, 2.75) is 19.8 Å². The van der Waals surface area contributed by atoms with Crippen LogP contribution in [-0.2, 0) is 11.2 Å². The molecule has 0 bridgehead atoms. The number of hydrogen-bond donors (Lipinski definition) is 2. The topological polar surface area (TPSA) is 59.6 Å². The van der Waals surface area contributed by atoms with Crippen molar-refractivity contribution in [3.05, 3.63) is 22.7 Å². The van der Waals surface area contributed by atoms with E-state index in [1.165, 1.54) is 0 Å². The highest BCUT2D eigenvalue weighted by Gasteiger charge is 2.17. The number of nitrogens with one attached hydrogen (secondary N) is 2. The monoisotopic (exact) mass is 312 g/mol. The van der Waals surface area contributed by atoms with Gasteiger partial charge in [-0.3, -0.25) is 4.79 Å². The number of carbonyl (C=O) groups excluding carboxylic acids is 1. The van der Waals surface area contributed by atoms with Crippen LogP contribution < -0.4 is 20.1 Å². The lowest BCUT2D eigenvalue weighted by atomic mass is 10.1. The molecular weight excluding hydrogens is 292 g/mol. The van der Waals surface area contributed by atoms with Crippen molar-refractivity contribution in [1.82, 2.24) is 10.6 Å². The Bertz CT molecular complexity index is 494. The minimum Gasteiger partial charge on any atom is -0.486 e. The van der Waals surface area contributed by atoms with Crippen LogP contribution in [0.5, 0.6) is 11.5 Å². The van der Waals surface area contributed by atoms with Gasteiger partial charge in [-0.1, -0.05) is 18.5 Å². The van der Waals surface area contributed by atoms with Crippen molar-refractivity contribution < 1.29 is 14.3 Å². The molecule has 0 saturated heterocycles. The van der Waals surface area contributed by atoms with Crippen molar-refractivity contribution in [3.63, 3.8) is 0 Å². The second kappa shape index (κ2) is 8.10. The molecule has 0 aliphatic carbocycles. The Morgan fingerprint density at radius 2 is 2.05 bits per heavy atom. The van der Waals surface area contributed by atoms with Gasteiger partial charge in [-0.15, -0.1) is 0 Å². The van der Waals surface area contributed by atoms with Crippen molar-refractivity contribution in [2.75, 3.05) is 32.8 Å². The van der Waals surface area contributed by atoms with E-state index in [1.54, 1.807) is 6.07 Å². The molecule has 0 unspecified atom stereocenters. The van der Waals surface area contributed by atoms with Gasteiger partial charge in [-0.25, -0.2) is 0 Å². The minimum absolute atomic E-state index is 0.0268. The summed E-state index contributed by atoms with van der Waals surface area (Å²) in [5.41, 5.74) is 0.822. The predicted octanol–water partition coefficient (Wildman–Crippen LogP) is 1.77. The number of hydrogen-bond acceptors (Lipinski definition) is 4. The molecule has 1 aliphatic rings. The Balaban J connectivity index is 1.85. The fourth-order valence-corrected chi connectivity index (χ4v) is 2.39. The van der Waals surface area contributed by atoms with E-state index >= 15 is 0 Å². The maximum Gasteiger partial charge on any atom is 0.224 e. The Kier molecular flexibility index (Phi) is 6.14. The Labute approximate surface area is 130 Å². The average molecular weight is 313 g/mol. The summed E-state index contributed by atoms with van der Waals surface area (Å²) in [5, 5.41) is 6.59. The Hall–Kier alpha value is -1.46. The van der Waals surface area contributed by atoms with Crippen LogP contribution in [0, 0.1) is 0 Å². The normalized spacial score (nSPS) is 13.0. The van der Waals surface area contributed by atoms with Gasteiger partial charge in [0.25, 0.3) is 0 Å². The molecule has 1 aromatic carbocycles. The molecule has 5 nitrogen and oxygen atoms in total. The van der Waals surface area contributed by atoms with Gasteiger partial charge in [0.15, 0.2) is 11.5 Å². The molecule has 2 N–H and O–H groups in total. The highest BCUT2D eigenvalue weighted by atomic mass is 35.5. The third kappa shape index (κ3) is 4.79. The lowest BCUT2D eigenvalue weighted by Crippen LogP contribution is -2.33. The summed E-state index contributed by atoms with van der Waals surface area (Å²) in [6.07, 6.45) is 1.37. The smallest absolute Gasteiger partial charge is 0.224 e. The molecule has 6 heteroatoms. The first-order valence-corrected chi connectivity index (χ1v) is 7.64. The molecule has 2 rings (SSSR count). The molecule has 0 spiro atoms. The number of rotatable bonds is 7. The molecule has 0 atom stereocenters. The van der Waals surface area contributed by atoms with E-state index in [4.69, 9.17) is 21.1 Å². The van der Waals surface area contributed by atoms with Gasteiger partial charge in [-0.05, 0) is 30.7 Å². The van der Waals surface area contributed by atoms with Gasteiger partial charge in [-0.2, -0.15) is 0 Å². The zero-order valence-corrected chi connectivity index (χ0v) is 13.0. The van der Waals surface area contributed by atoms with Gasteiger partial charge < -0.3 is 20.1 Å². The first-order valence-electron chi connectivity index (χ1n) is 7.26. The van der Waals surface area contributed by atoms with E-state index in [2.05, 4.69) is 17.6 Å². The first-order chi connectivity index (χ1) is 10.2. The summed E-state index contributed by atoms with van der Waals surface area (Å²) >= 11 is 6.15. The van der Waals surface area contributed by atoms with E-state index < -0.39 is 0 Å². The number of halogens is 1. The lowest BCUT2D eigenvalue weighted by molar-refractivity contribution is -0.120. The minimum atomic E-state index is -0.0268. The summed E-state index contributed by atoms with van der Waals surface area (Å²) in [7, 11) is 0. The molecule has 116 valence electrons. The number of amides is 1. The van der Waals surface area contributed by atoms with Crippen LogP contribution in [-0.4, -0.2) is 38.8 Å². The SMILES string of the molecule is CCCNCCNC(=O)Cc1cc(Cl)c2c(c1)OCCO2. The summed E-state index contributed by atoms with van der Waals surface area (Å²) < 4.78 is 11.0. The van der Waals surface area contributed by atoms with E-state index in [1.807, 2.05) is 6.07 Å². The van der Waals surface area contributed by atoms with Crippen LogP contribution in [0.25, 0.3) is 0 Å². The summed E-state index contributed by atoms with van der Waals surface area (Å²) in [5.74, 6) is 1.15. The van der Waals surface area contributed by atoms with Crippen molar-refractivity contribution >= 4 is 17.5 Å². The first kappa shape index (κ1) is 15.9. The number of benzene rings is 1. The van der Waals surface area contributed by atoms with Crippen LogP contribution in [0.4, 0.5) is 0 Å². The molecule has 1 heterocycles. The fourth-order valence-electron chi connectivity index (χ4n) is 2.11. The third-order valence-corrected chi connectivity index (χ3v) is 3.35. The van der Waals surface area contributed by atoms with Gasteiger partial charge in [0.05, 0.1) is 11.4 Å². The van der Waals surface area contributed by atoms with Gasteiger partial charge >= 0.3 is 0 Å². The van der Waals surface area contributed by atoms with E-state index in [-0.39, 0.29) is 12.3 Å². The molecule has 0 saturated carbocycles. The second-order valence-electron chi connectivity index (χ2n) is 4.88. The predicted molar refractivity (Wildman–Crippen MR) is 82.3 cm³/mol. The van der Waals surface area contributed by atoms with Crippen molar-refractivity contribution in [1.29, 1.82) is 0 Å². The van der Waals surface area contributed by atoms with Crippen molar-refractivity contribution in [2.24, 2.45) is 0 Å². The highest BCUT2D eigenvalue weighted by Crippen LogP contribution is 2.38. The van der Waals surface area contributed by atoms with E-state index in [9.17, 15) is 4.79 Å². The zero-order valence-electron chi connectivity index (χ0n) is 12.2. The third-order valence-electron chi connectivity index (χ3n) is 3.07. The maximum absolute atomic E-state index is 11.9. The van der Waals surface area contributed by atoms with Crippen LogP contribution in [0.15, 0.2) is 12.1 Å². The molecule has 0 aromatic heterocycles. The Morgan fingerprint density at radius 1 is 1.24 bits per heavy atom. The largest absolute Gasteiger partial charge is 0.486 e. The molecule has 0 fully saturated rings. The maximum atomic E-state index is 11.9. The number of ether oxygens (including phenoxy) is 2. The summed E-state index contributed by atoms with van der Waals surface area (Å²) in [4.78, 5) is 11.9. The standard InChI is InChI=1S/C15H21ClN2O3/c1-2-3-17-4-5-18-14(19)10-11-8-12(16)15-13(9-11)20-6-7-21-15/h8-9,17H,2-7,10H2,1H3,(H,18,19). The zero-order chi connectivity index (χ0) is 15.1. The van der Waals surface area contributed by atoms with Gasteiger partial charge in [0.2, 0.25) is 5.91 Å². The Morgan fingerprint density at radius 3 is 2.86 bits per heavy atom. The van der Waals surface area contributed by atoms with E-state index in [0.29, 0.717) is 36.3 Å². The van der Waals surface area contributed by atoms with Crippen LogP contribution in [0.3, 0.4) is 0 Å². The van der Waals surface area contributed by atoms with Gasteiger partial charge in [0.1, 0.15) is 13.2 Å². The molecule has 1 aliphatic heterocycles. The van der Waals surface area contributed by atoms with Gasteiger partial charge in [0, 0.05) is 13.1 Å².